The molecule has 1 aliphatic carbocycles. The van der Waals surface area contributed by atoms with Crippen molar-refractivity contribution in [2.75, 3.05) is 0 Å². The highest BCUT2D eigenvalue weighted by Crippen LogP contribution is 2.32. The fraction of sp³-hybridized carbons (Fsp3) is 0.176. The highest BCUT2D eigenvalue weighted by Gasteiger charge is 2.21. The quantitative estimate of drug-likeness (QED) is 0.721. The smallest absolute Gasteiger partial charge is 0.123 e. The maximum Gasteiger partial charge on any atom is 0.123 e. The van der Waals surface area contributed by atoms with Gasteiger partial charge in [0, 0.05) is 5.56 Å². The SMILES string of the molecule is Fc1ccc(Cn2nnc3c2-c2ccccc2CC3)cc1. The topological polar surface area (TPSA) is 30.7 Å². The van der Waals surface area contributed by atoms with Crippen molar-refractivity contribution in [3.63, 3.8) is 0 Å². The largest absolute Gasteiger partial charge is 0.240 e. The first-order chi connectivity index (χ1) is 10.3. The van der Waals surface area contributed by atoms with E-state index in [0.29, 0.717) is 6.54 Å². The molecular weight excluding hydrogens is 265 g/mol. The Labute approximate surface area is 122 Å². The second kappa shape index (κ2) is 4.81. The van der Waals surface area contributed by atoms with Crippen LogP contribution in [0.25, 0.3) is 11.3 Å². The summed E-state index contributed by atoms with van der Waals surface area (Å²) in [5.41, 5.74) is 5.72. The lowest BCUT2D eigenvalue weighted by Crippen LogP contribution is -2.09. The molecule has 21 heavy (non-hydrogen) atoms. The predicted octanol–water partition coefficient (Wildman–Crippen LogP) is 3.23. The lowest BCUT2D eigenvalue weighted by molar-refractivity contribution is 0.622. The Bertz CT molecular complexity index is 790. The second-order valence-corrected chi connectivity index (χ2v) is 5.33. The first-order valence-corrected chi connectivity index (χ1v) is 7.06. The van der Waals surface area contributed by atoms with E-state index in [9.17, 15) is 4.39 Å². The van der Waals surface area contributed by atoms with E-state index in [1.165, 1.54) is 23.3 Å². The van der Waals surface area contributed by atoms with Gasteiger partial charge in [0.25, 0.3) is 0 Å². The zero-order valence-electron chi connectivity index (χ0n) is 11.5. The van der Waals surface area contributed by atoms with Crippen LogP contribution in [0.15, 0.2) is 48.5 Å². The Morgan fingerprint density at radius 1 is 1.00 bits per heavy atom. The van der Waals surface area contributed by atoms with Crippen LogP contribution >= 0.6 is 0 Å². The van der Waals surface area contributed by atoms with Gasteiger partial charge < -0.3 is 0 Å². The number of benzene rings is 2. The van der Waals surface area contributed by atoms with E-state index in [2.05, 4.69) is 28.5 Å². The monoisotopic (exact) mass is 279 g/mol. The molecule has 0 fully saturated rings. The number of fused-ring (bicyclic) bond motifs is 3. The van der Waals surface area contributed by atoms with E-state index in [1.54, 1.807) is 12.1 Å². The number of rotatable bonds is 2. The van der Waals surface area contributed by atoms with Gasteiger partial charge in [0.05, 0.1) is 17.9 Å². The summed E-state index contributed by atoms with van der Waals surface area (Å²) in [5, 5.41) is 8.60. The zero-order chi connectivity index (χ0) is 14.2. The molecule has 0 atom stereocenters. The molecule has 0 aliphatic heterocycles. The van der Waals surface area contributed by atoms with Crippen LogP contribution in [0.4, 0.5) is 4.39 Å². The van der Waals surface area contributed by atoms with Crippen LogP contribution in [0, 0.1) is 5.82 Å². The van der Waals surface area contributed by atoms with Crippen molar-refractivity contribution in [2.45, 2.75) is 19.4 Å². The van der Waals surface area contributed by atoms with Crippen molar-refractivity contribution in [2.24, 2.45) is 0 Å². The van der Waals surface area contributed by atoms with Crippen molar-refractivity contribution in [1.82, 2.24) is 15.0 Å². The van der Waals surface area contributed by atoms with Gasteiger partial charge in [-0.05, 0) is 36.1 Å². The molecule has 3 aromatic rings. The van der Waals surface area contributed by atoms with Gasteiger partial charge in [-0.3, -0.25) is 0 Å². The molecule has 0 spiro atoms. The van der Waals surface area contributed by atoms with Crippen molar-refractivity contribution in [3.05, 3.63) is 71.2 Å². The van der Waals surface area contributed by atoms with E-state index in [1.807, 2.05) is 10.7 Å². The van der Waals surface area contributed by atoms with Crippen molar-refractivity contribution in [3.8, 4) is 11.3 Å². The predicted molar refractivity (Wildman–Crippen MR) is 78.4 cm³/mol. The minimum atomic E-state index is -0.218. The van der Waals surface area contributed by atoms with E-state index >= 15 is 0 Å². The fourth-order valence-corrected chi connectivity index (χ4v) is 2.91. The van der Waals surface area contributed by atoms with E-state index in [4.69, 9.17) is 0 Å². The molecule has 0 unspecified atom stereocenters. The molecule has 1 aliphatic rings. The highest BCUT2D eigenvalue weighted by atomic mass is 19.1. The summed E-state index contributed by atoms with van der Waals surface area (Å²) in [5.74, 6) is -0.218. The summed E-state index contributed by atoms with van der Waals surface area (Å²) < 4.78 is 14.9. The van der Waals surface area contributed by atoms with Crippen molar-refractivity contribution < 1.29 is 4.39 Å². The number of aromatic nitrogens is 3. The average molecular weight is 279 g/mol. The summed E-state index contributed by atoms with van der Waals surface area (Å²) in [6.45, 7) is 0.608. The Hall–Kier alpha value is -2.49. The molecule has 0 bridgehead atoms. The van der Waals surface area contributed by atoms with Crippen molar-refractivity contribution in [1.29, 1.82) is 0 Å². The van der Waals surface area contributed by atoms with Gasteiger partial charge in [0.1, 0.15) is 5.82 Å². The van der Waals surface area contributed by atoms with Crippen LogP contribution in [-0.2, 0) is 19.4 Å². The summed E-state index contributed by atoms with van der Waals surface area (Å²) in [6, 6.07) is 14.9. The molecule has 1 aromatic heterocycles. The van der Waals surface area contributed by atoms with Crippen LogP contribution in [0.2, 0.25) is 0 Å². The van der Waals surface area contributed by atoms with E-state index < -0.39 is 0 Å². The summed E-state index contributed by atoms with van der Waals surface area (Å²) in [4.78, 5) is 0. The molecule has 0 radical (unpaired) electrons. The van der Waals surface area contributed by atoms with Crippen LogP contribution in [0.3, 0.4) is 0 Å². The van der Waals surface area contributed by atoms with Gasteiger partial charge in [-0.25, -0.2) is 9.07 Å². The van der Waals surface area contributed by atoms with E-state index in [0.717, 1.165) is 29.8 Å². The summed E-state index contributed by atoms with van der Waals surface area (Å²) >= 11 is 0. The highest BCUT2D eigenvalue weighted by molar-refractivity contribution is 5.68. The lowest BCUT2D eigenvalue weighted by atomic mass is 9.92. The maximum atomic E-state index is 13.0. The molecule has 4 rings (SSSR count). The van der Waals surface area contributed by atoms with Gasteiger partial charge in [-0.15, -0.1) is 5.10 Å². The van der Waals surface area contributed by atoms with Crippen LogP contribution in [-0.4, -0.2) is 15.0 Å². The molecule has 0 N–H and O–H groups in total. The Kier molecular flexibility index (Phi) is 2.81. The first kappa shape index (κ1) is 12.3. The molecule has 2 aromatic carbocycles. The lowest BCUT2D eigenvalue weighted by Gasteiger charge is -2.16. The van der Waals surface area contributed by atoms with Gasteiger partial charge in [-0.1, -0.05) is 41.6 Å². The molecule has 1 heterocycles. The minimum absolute atomic E-state index is 0.218. The minimum Gasteiger partial charge on any atom is -0.240 e. The zero-order valence-corrected chi connectivity index (χ0v) is 11.5. The van der Waals surface area contributed by atoms with Crippen LogP contribution in [0.1, 0.15) is 16.8 Å². The summed E-state index contributed by atoms with van der Waals surface area (Å²) in [6.07, 6.45) is 1.94. The molecule has 3 nitrogen and oxygen atoms in total. The van der Waals surface area contributed by atoms with Gasteiger partial charge in [-0.2, -0.15) is 0 Å². The number of hydrogen-bond acceptors (Lipinski definition) is 2. The summed E-state index contributed by atoms with van der Waals surface area (Å²) in [7, 11) is 0. The maximum absolute atomic E-state index is 13.0. The number of nitrogens with zero attached hydrogens (tertiary/aromatic N) is 3. The first-order valence-electron chi connectivity index (χ1n) is 7.06. The molecular formula is C17H14FN3. The number of aryl methyl sites for hydroxylation is 2. The molecule has 4 heteroatoms. The molecule has 0 saturated heterocycles. The van der Waals surface area contributed by atoms with Crippen molar-refractivity contribution >= 4 is 0 Å². The fourth-order valence-electron chi connectivity index (χ4n) is 2.91. The third-order valence-corrected chi connectivity index (χ3v) is 3.95. The average Bonchev–Trinajstić information content (AvgIpc) is 2.93. The standard InChI is InChI=1S/C17H14FN3/c18-14-8-5-12(6-9-14)11-21-17-15-4-2-1-3-13(15)7-10-16(17)19-20-21/h1-6,8-9H,7,10-11H2. The molecule has 104 valence electrons. The second-order valence-electron chi connectivity index (χ2n) is 5.33. The third-order valence-electron chi connectivity index (χ3n) is 3.95. The van der Waals surface area contributed by atoms with Crippen LogP contribution < -0.4 is 0 Å². The Morgan fingerprint density at radius 2 is 1.81 bits per heavy atom. The number of hydrogen-bond donors (Lipinski definition) is 0. The third kappa shape index (κ3) is 2.13. The molecule has 0 amide bonds. The van der Waals surface area contributed by atoms with Gasteiger partial charge in [0.2, 0.25) is 0 Å². The van der Waals surface area contributed by atoms with E-state index in [-0.39, 0.29) is 5.82 Å². The molecule has 0 saturated carbocycles. The van der Waals surface area contributed by atoms with Crippen LogP contribution in [0.5, 0.6) is 0 Å². The van der Waals surface area contributed by atoms with Gasteiger partial charge in [0.15, 0.2) is 0 Å². The van der Waals surface area contributed by atoms with Gasteiger partial charge >= 0.3 is 0 Å². The Morgan fingerprint density at radius 3 is 2.67 bits per heavy atom. The normalized spacial score (nSPS) is 12.8. The Balaban J connectivity index is 1.76. The number of halogens is 1.